The minimum Gasteiger partial charge on any atom is -0.496 e. The summed E-state index contributed by atoms with van der Waals surface area (Å²) in [5.74, 6) is 0.422. The molecule has 1 aliphatic heterocycles. The van der Waals surface area contributed by atoms with Crippen molar-refractivity contribution in [3.63, 3.8) is 0 Å². The van der Waals surface area contributed by atoms with Crippen LogP contribution in [0.3, 0.4) is 0 Å². The SMILES string of the molecule is CN[C@@H](C)C(=O)N[C@H]1CCc2ccccc2N(Cc2c(OC)ccc3cc(Br)ccc23)C1=O.Cl. The summed E-state index contributed by atoms with van der Waals surface area (Å²) in [5.41, 5.74) is 2.89. The molecule has 6 nitrogen and oxygen atoms in total. The van der Waals surface area contributed by atoms with Crippen LogP contribution in [-0.4, -0.2) is 38.1 Å². The van der Waals surface area contributed by atoms with Crippen LogP contribution in [0.4, 0.5) is 5.69 Å². The van der Waals surface area contributed by atoms with Crippen LogP contribution in [0.5, 0.6) is 5.75 Å². The number of nitrogens with one attached hydrogen (secondary N) is 2. The molecule has 3 aromatic carbocycles. The number of aryl methyl sites for hydroxylation is 1. The van der Waals surface area contributed by atoms with Crippen LogP contribution >= 0.6 is 28.3 Å². The van der Waals surface area contributed by atoms with E-state index in [-0.39, 0.29) is 30.3 Å². The Bertz CT molecular complexity index is 1200. The first-order valence-electron chi connectivity index (χ1n) is 11.0. The van der Waals surface area contributed by atoms with Gasteiger partial charge in [-0.1, -0.05) is 46.3 Å². The number of fused-ring (bicyclic) bond motifs is 2. The van der Waals surface area contributed by atoms with Crippen LogP contribution < -0.4 is 20.3 Å². The number of likely N-dealkylation sites (N-methyl/N-ethyl adjacent to an activating group) is 1. The fraction of sp³-hybridized carbons (Fsp3) is 0.308. The number of para-hydroxylation sites is 1. The third-order valence-corrected chi connectivity index (χ3v) is 6.77. The molecule has 0 unspecified atom stereocenters. The minimum atomic E-state index is -0.601. The quantitative estimate of drug-likeness (QED) is 0.474. The summed E-state index contributed by atoms with van der Waals surface area (Å²) in [7, 11) is 3.37. The van der Waals surface area contributed by atoms with E-state index in [1.165, 1.54) is 0 Å². The van der Waals surface area contributed by atoms with Crippen LogP contribution in [0.2, 0.25) is 0 Å². The Hall–Kier alpha value is -2.61. The standard InChI is InChI=1S/C26H28BrN3O3.ClH/c1-16(28-2)25(31)29-22-12-8-17-6-4-5-7-23(17)30(26(22)32)15-21-20-11-10-19(27)14-18(20)9-13-24(21)33-3;/h4-7,9-11,13-14,16,22,28H,8,12,15H2,1-3H3,(H,29,31);1H/t16-,22-;/m0./s1. The van der Waals surface area contributed by atoms with Gasteiger partial charge < -0.3 is 20.3 Å². The van der Waals surface area contributed by atoms with Gasteiger partial charge in [-0.2, -0.15) is 0 Å². The van der Waals surface area contributed by atoms with Crippen molar-refractivity contribution in [2.75, 3.05) is 19.1 Å². The molecule has 1 heterocycles. The lowest BCUT2D eigenvalue weighted by molar-refractivity contribution is -0.128. The van der Waals surface area contributed by atoms with Crippen LogP contribution in [-0.2, 0) is 22.6 Å². The molecule has 0 saturated heterocycles. The highest BCUT2D eigenvalue weighted by Crippen LogP contribution is 2.34. The van der Waals surface area contributed by atoms with E-state index in [9.17, 15) is 9.59 Å². The van der Waals surface area contributed by atoms with Gasteiger partial charge >= 0.3 is 0 Å². The molecule has 3 aromatic rings. The maximum Gasteiger partial charge on any atom is 0.249 e. The zero-order valence-electron chi connectivity index (χ0n) is 19.4. The number of amides is 2. The fourth-order valence-electron chi connectivity index (χ4n) is 4.30. The predicted octanol–water partition coefficient (Wildman–Crippen LogP) is 4.60. The van der Waals surface area contributed by atoms with Gasteiger partial charge in [-0.15, -0.1) is 12.4 Å². The molecular weight excluding hydrogens is 518 g/mol. The Morgan fingerprint density at radius 2 is 1.97 bits per heavy atom. The van der Waals surface area contributed by atoms with Crippen molar-refractivity contribution >= 4 is 56.6 Å². The molecule has 2 atom stereocenters. The van der Waals surface area contributed by atoms with Gasteiger partial charge in [0.05, 0.1) is 19.7 Å². The Labute approximate surface area is 214 Å². The van der Waals surface area contributed by atoms with E-state index in [0.29, 0.717) is 19.4 Å². The van der Waals surface area contributed by atoms with Crippen LogP contribution in [0, 0.1) is 0 Å². The van der Waals surface area contributed by atoms with Gasteiger partial charge in [-0.25, -0.2) is 0 Å². The maximum absolute atomic E-state index is 13.8. The van der Waals surface area contributed by atoms with Crippen molar-refractivity contribution in [1.29, 1.82) is 0 Å². The first-order valence-corrected chi connectivity index (χ1v) is 11.8. The number of halogens is 2. The molecule has 2 amide bonds. The molecule has 0 saturated carbocycles. The van der Waals surface area contributed by atoms with Gasteiger partial charge in [0.2, 0.25) is 11.8 Å². The first-order chi connectivity index (χ1) is 15.9. The van der Waals surface area contributed by atoms with Gasteiger partial charge in [0.25, 0.3) is 0 Å². The van der Waals surface area contributed by atoms with E-state index in [1.807, 2.05) is 48.5 Å². The van der Waals surface area contributed by atoms with Crippen LogP contribution in [0.15, 0.2) is 59.1 Å². The summed E-state index contributed by atoms with van der Waals surface area (Å²) < 4.78 is 6.68. The average Bonchev–Trinajstić information content (AvgIpc) is 2.95. The summed E-state index contributed by atoms with van der Waals surface area (Å²) >= 11 is 3.54. The number of nitrogens with zero attached hydrogens (tertiary/aromatic N) is 1. The van der Waals surface area contributed by atoms with E-state index in [1.54, 1.807) is 26.0 Å². The lowest BCUT2D eigenvalue weighted by atomic mass is 10.0. The summed E-state index contributed by atoms with van der Waals surface area (Å²) in [6, 6.07) is 17.0. The summed E-state index contributed by atoms with van der Waals surface area (Å²) in [6.45, 7) is 2.12. The zero-order valence-corrected chi connectivity index (χ0v) is 21.8. The van der Waals surface area contributed by atoms with Crippen LogP contribution in [0.1, 0.15) is 24.5 Å². The second kappa shape index (κ2) is 11.2. The van der Waals surface area contributed by atoms with Gasteiger partial charge in [0.15, 0.2) is 0 Å². The van der Waals surface area contributed by atoms with E-state index in [4.69, 9.17) is 4.74 Å². The molecular formula is C26H29BrClN3O3. The Balaban J connectivity index is 0.00000324. The van der Waals surface area contributed by atoms with E-state index < -0.39 is 6.04 Å². The summed E-state index contributed by atoms with van der Waals surface area (Å²) in [4.78, 5) is 28.2. The molecule has 180 valence electrons. The number of carbonyl (C=O) groups is 2. The highest BCUT2D eigenvalue weighted by atomic mass is 79.9. The van der Waals surface area contributed by atoms with Crippen molar-refractivity contribution in [1.82, 2.24) is 10.6 Å². The largest absolute Gasteiger partial charge is 0.496 e. The number of hydrogen-bond donors (Lipinski definition) is 2. The van der Waals surface area contributed by atoms with Crippen molar-refractivity contribution in [2.45, 2.75) is 38.4 Å². The van der Waals surface area contributed by atoms with Gasteiger partial charge in [-0.3, -0.25) is 9.59 Å². The minimum absolute atomic E-state index is 0. The molecule has 0 fully saturated rings. The average molecular weight is 547 g/mol. The van der Waals surface area contributed by atoms with Gasteiger partial charge in [0.1, 0.15) is 11.8 Å². The first kappa shape index (κ1) is 26.0. The van der Waals surface area contributed by atoms with Crippen molar-refractivity contribution < 1.29 is 14.3 Å². The number of carbonyl (C=O) groups excluding carboxylic acids is 2. The van der Waals surface area contributed by atoms with Crippen molar-refractivity contribution in [3.8, 4) is 5.75 Å². The topological polar surface area (TPSA) is 70.7 Å². The predicted molar refractivity (Wildman–Crippen MR) is 142 cm³/mol. The van der Waals surface area contributed by atoms with Gasteiger partial charge in [-0.05, 0) is 67.4 Å². The number of methoxy groups -OCH3 is 1. The highest BCUT2D eigenvalue weighted by molar-refractivity contribution is 9.10. The molecule has 1 aliphatic rings. The Morgan fingerprint density at radius 3 is 2.71 bits per heavy atom. The molecule has 4 rings (SSSR count). The highest BCUT2D eigenvalue weighted by Gasteiger charge is 2.32. The fourth-order valence-corrected chi connectivity index (χ4v) is 4.68. The normalized spacial score (nSPS) is 16.3. The molecule has 0 aliphatic carbocycles. The summed E-state index contributed by atoms with van der Waals surface area (Å²) in [5, 5.41) is 7.97. The van der Waals surface area contributed by atoms with E-state index in [0.717, 1.165) is 37.8 Å². The maximum atomic E-state index is 13.8. The molecule has 2 N–H and O–H groups in total. The van der Waals surface area contributed by atoms with E-state index >= 15 is 0 Å². The monoisotopic (exact) mass is 545 g/mol. The number of benzene rings is 3. The van der Waals surface area contributed by atoms with Crippen molar-refractivity contribution in [3.05, 3.63) is 70.2 Å². The Kier molecular flexibility index (Phi) is 8.57. The Morgan fingerprint density at radius 1 is 1.21 bits per heavy atom. The van der Waals surface area contributed by atoms with Crippen LogP contribution in [0.25, 0.3) is 10.8 Å². The van der Waals surface area contributed by atoms with E-state index in [2.05, 4.69) is 32.6 Å². The third-order valence-electron chi connectivity index (χ3n) is 6.28. The smallest absolute Gasteiger partial charge is 0.249 e. The number of rotatable bonds is 6. The van der Waals surface area contributed by atoms with Crippen molar-refractivity contribution in [2.24, 2.45) is 0 Å². The molecule has 0 aromatic heterocycles. The molecule has 0 radical (unpaired) electrons. The second-order valence-electron chi connectivity index (χ2n) is 8.28. The molecule has 8 heteroatoms. The number of ether oxygens (including phenoxy) is 1. The molecule has 0 bridgehead atoms. The zero-order chi connectivity index (χ0) is 23.5. The van der Waals surface area contributed by atoms with Gasteiger partial charge in [0, 0.05) is 15.7 Å². The lowest BCUT2D eigenvalue weighted by Crippen LogP contribution is -2.52. The summed E-state index contributed by atoms with van der Waals surface area (Å²) in [6.07, 6.45) is 1.26. The molecule has 0 spiro atoms. The third kappa shape index (κ3) is 5.22. The molecule has 34 heavy (non-hydrogen) atoms. The number of anilines is 1. The second-order valence-corrected chi connectivity index (χ2v) is 9.19. The number of hydrogen-bond acceptors (Lipinski definition) is 4. The lowest BCUT2D eigenvalue weighted by Gasteiger charge is -2.28.